The van der Waals surface area contributed by atoms with Crippen molar-refractivity contribution in [3.05, 3.63) is 65.0 Å². The van der Waals surface area contributed by atoms with E-state index in [1.165, 1.54) is 12.1 Å². The first kappa shape index (κ1) is 13.1. The van der Waals surface area contributed by atoms with Crippen molar-refractivity contribution < 1.29 is 19.0 Å². The molecule has 0 aliphatic rings. The van der Waals surface area contributed by atoms with Crippen molar-refractivity contribution in [3.63, 3.8) is 0 Å². The summed E-state index contributed by atoms with van der Waals surface area (Å²) in [4.78, 5) is 10.8. The molecule has 0 unspecified atom stereocenters. The van der Waals surface area contributed by atoms with E-state index in [9.17, 15) is 9.18 Å². The van der Waals surface area contributed by atoms with Crippen LogP contribution in [0.15, 0.2) is 42.5 Å². The van der Waals surface area contributed by atoms with E-state index >= 15 is 0 Å². The van der Waals surface area contributed by atoms with Crippen molar-refractivity contribution in [1.29, 1.82) is 0 Å². The number of aryl methyl sites for hydroxylation is 1. The zero-order valence-corrected chi connectivity index (χ0v) is 10.4. The third-order valence-electron chi connectivity index (χ3n) is 2.77. The van der Waals surface area contributed by atoms with E-state index in [-0.39, 0.29) is 17.9 Å². The van der Waals surface area contributed by atoms with Crippen molar-refractivity contribution >= 4 is 5.97 Å². The summed E-state index contributed by atoms with van der Waals surface area (Å²) in [5.74, 6) is -1.60. The molecule has 3 nitrogen and oxygen atoms in total. The molecule has 0 atom stereocenters. The fourth-order valence-corrected chi connectivity index (χ4v) is 1.70. The van der Waals surface area contributed by atoms with Crippen molar-refractivity contribution in [2.75, 3.05) is 0 Å². The number of hydrogen-bond acceptors (Lipinski definition) is 2. The Morgan fingerprint density at radius 2 is 2.00 bits per heavy atom. The Bertz CT molecular complexity index is 608. The number of hydrogen-bond donors (Lipinski definition) is 1. The molecule has 4 heteroatoms. The lowest BCUT2D eigenvalue weighted by atomic mass is 10.1. The number of carboxylic acids is 1. The van der Waals surface area contributed by atoms with Crippen LogP contribution in [0.2, 0.25) is 0 Å². The normalized spacial score (nSPS) is 10.2. The molecule has 0 aromatic heterocycles. The molecule has 2 aromatic rings. The van der Waals surface area contributed by atoms with Gasteiger partial charge in [0, 0.05) is 6.07 Å². The largest absolute Gasteiger partial charge is 0.489 e. The van der Waals surface area contributed by atoms with Crippen molar-refractivity contribution in [2.24, 2.45) is 0 Å². The topological polar surface area (TPSA) is 46.5 Å². The van der Waals surface area contributed by atoms with Gasteiger partial charge in [-0.15, -0.1) is 0 Å². The first-order valence-electron chi connectivity index (χ1n) is 5.77. The summed E-state index contributed by atoms with van der Waals surface area (Å²) in [6.45, 7) is 2.22. The minimum atomic E-state index is -1.18. The number of carbonyl (C=O) groups is 1. The summed E-state index contributed by atoms with van der Waals surface area (Å²) in [5.41, 5.74) is 1.92. The van der Waals surface area contributed by atoms with Crippen molar-refractivity contribution in [3.8, 4) is 5.75 Å². The van der Waals surface area contributed by atoms with E-state index in [0.29, 0.717) is 0 Å². The van der Waals surface area contributed by atoms with Gasteiger partial charge in [0.05, 0.1) is 5.56 Å². The zero-order chi connectivity index (χ0) is 13.8. The van der Waals surface area contributed by atoms with Crippen LogP contribution in [0, 0.1) is 12.7 Å². The highest BCUT2D eigenvalue weighted by atomic mass is 19.1. The first-order chi connectivity index (χ1) is 9.06. The van der Waals surface area contributed by atoms with Crippen LogP contribution in [0.4, 0.5) is 4.39 Å². The van der Waals surface area contributed by atoms with Crippen LogP contribution in [0.1, 0.15) is 21.5 Å². The number of carboxylic acid groups (broad SMARTS) is 1. The SMILES string of the molecule is Cc1ccccc1COc1cc(F)cc(C(=O)O)c1. The van der Waals surface area contributed by atoms with E-state index in [0.717, 1.165) is 17.2 Å². The molecule has 0 bridgehead atoms. The van der Waals surface area contributed by atoms with Gasteiger partial charge in [-0.2, -0.15) is 0 Å². The lowest BCUT2D eigenvalue weighted by molar-refractivity contribution is 0.0695. The number of halogens is 1. The lowest BCUT2D eigenvalue weighted by Gasteiger charge is -2.09. The third-order valence-corrected chi connectivity index (χ3v) is 2.77. The van der Waals surface area contributed by atoms with Crippen molar-refractivity contribution in [2.45, 2.75) is 13.5 Å². The summed E-state index contributed by atoms with van der Waals surface area (Å²) in [6.07, 6.45) is 0. The van der Waals surface area contributed by atoms with E-state index in [1.807, 2.05) is 31.2 Å². The van der Waals surface area contributed by atoms with Crippen LogP contribution in [0.3, 0.4) is 0 Å². The molecule has 2 rings (SSSR count). The maximum atomic E-state index is 13.2. The first-order valence-corrected chi connectivity index (χ1v) is 5.77. The molecule has 0 aliphatic carbocycles. The summed E-state index contributed by atoms with van der Waals surface area (Å²) < 4.78 is 18.7. The fraction of sp³-hybridized carbons (Fsp3) is 0.133. The zero-order valence-electron chi connectivity index (χ0n) is 10.4. The Morgan fingerprint density at radius 3 is 2.68 bits per heavy atom. The number of aromatic carboxylic acids is 1. The summed E-state index contributed by atoms with van der Waals surface area (Å²) in [6, 6.07) is 11.1. The number of ether oxygens (including phenoxy) is 1. The van der Waals surface area contributed by atoms with Crippen LogP contribution in [-0.4, -0.2) is 11.1 Å². The Morgan fingerprint density at radius 1 is 1.26 bits per heavy atom. The van der Waals surface area contributed by atoms with Gasteiger partial charge in [-0.05, 0) is 30.2 Å². The minimum Gasteiger partial charge on any atom is -0.489 e. The average molecular weight is 260 g/mol. The summed E-state index contributed by atoms with van der Waals surface area (Å²) in [7, 11) is 0. The molecule has 0 radical (unpaired) electrons. The average Bonchev–Trinajstić information content (AvgIpc) is 2.37. The number of rotatable bonds is 4. The standard InChI is InChI=1S/C15H13FO3/c1-10-4-2-3-5-11(10)9-19-14-7-12(15(17)18)6-13(16)8-14/h2-8H,9H2,1H3,(H,17,18). The van der Waals surface area contributed by atoms with Crippen LogP contribution in [-0.2, 0) is 6.61 Å². The van der Waals surface area contributed by atoms with Gasteiger partial charge in [-0.3, -0.25) is 0 Å². The lowest BCUT2D eigenvalue weighted by Crippen LogP contribution is -2.01. The molecular formula is C15H13FO3. The Kier molecular flexibility index (Phi) is 3.80. The maximum absolute atomic E-state index is 13.2. The van der Waals surface area contributed by atoms with Gasteiger partial charge in [0.1, 0.15) is 18.2 Å². The second-order valence-electron chi connectivity index (χ2n) is 4.20. The molecule has 19 heavy (non-hydrogen) atoms. The molecular weight excluding hydrogens is 247 g/mol. The highest BCUT2D eigenvalue weighted by Gasteiger charge is 2.08. The Hall–Kier alpha value is -2.36. The van der Waals surface area contributed by atoms with Gasteiger partial charge in [-0.25, -0.2) is 9.18 Å². The monoisotopic (exact) mass is 260 g/mol. The van der Waals surface area contributed by atoms with Gasteiger partial charge >= 0.3 is 5.97 Å². The quantitative estimate of drug-likeness (QED) is 0.916. The summed E-state index contributed by atoms with van der Waals surface area (Å²) in [5, 5.41) is 8.84. The van der Waals surface area contributed by atoms with E-state index in [2.05, 4.69) is 0 Å². The second kappa shape index (κ2) is 5.52. The second-order valence-corrected chi connectivity index (χ2v) is 4.20. The molecule has 0 amide bonds. The third kappa shape index (κ3) is 3.31. The molecule has 0 saturated carbocycles. The van der Waals surface area contributed by atoms with E-state index < -0.39 is 11.8 Å². The summed E-state index contributed by atoms with van der Waals surface area (Å²) >= 11 is 0. The molecule has 0 fully saturated rings. The molecule has 1 N–H and O–H groups in total. The molecule has 0 aliphatic heterocycles. The molecule has 2 aromatic carbocycles. The van der Waals surface area contributed by atoms with E-state index in [4.69, 9.17) is 9.84 Å². The van der Waals surface area contributed by atoms with Crippen molar-refractivity contribution in [1.82, 2.24) is 0 Å². The molecule has 98 valence electrons. The Balaban J connectivity index is 2.16. The van der Waals surface area contributed by atoms with Crippen LogP contribution in [0.25, 0.3) is 0 Å². The molecule has 0 heterocycles. The number of benzene rings is 2. The van der Waals surface area contributed by atoms with Crippen LogP contribution < -0.4 is 4.74 Å². The van der Waals surface area contributed by atoms with E-state index in [1.54, 1.807) is 0 Å². The van der Waals surface area contributed by atoms with Gasteiger partial charge in [0.2, 0.25) is 0 Å². The maximum Gasteiger partial charge on any atom is 0.335 e. The molecule has 0 spiro atoms. The minimum absolute atomic E-state index is 0.125. The smallest absolute Gasteiger partial charge is 0.335 e. The van der Waals surface area contributed by atoms with Gasteiger partial charge in [-0.1, -0.05) is 24.3 Å². The van der Waals surface area contributed by atoms with Gasteiger partial charge in [0.25, 0.3) is 0 Å². The van der Waals surface area contributed by atoms with Crippen LogP contribution in [0.5, 0.6) is 5.75 Å². The Labute approximate surface area is 110 Å². The van der Waals surface area contributed by atoms with Gasteiger partial charge in [0.15, 0.2) is 0 Å². The van der Waals surface area contributed by atoms with Gasteiger partial charge < -0.3 is 9.84 Å². The van der Waals surface area contributed by atoms with Crippen LogP contribution >= 0.6 is 0 Å². The molecule has 0 saturated heterocycles. The fourth-order valence-electron chi connectivity index (χ4n) is 1.70. The highest BCUT2D eigenvalue weighted by Crippen LogP contribution is 2.18. The highest BCUT2D eigenvalue weighted by molar-refractivity contribution is 5.88. The predicted octanol–water partition coefficient (Wildman–Crippen LogP) is 3.41. The predicted molar refractivity (Wildman–Crippen MR) is 68.9 cm³/mol.